The van der Waals surface area contributed by atoms with E-state index in [4.69, 9.17) is 9.47 Å². The summed E-state index contributed by atoms with van der Waals surface area (Å²) in [6.07, 6.45) is 2.10. The lowest BCUT2D eigenvalue weighted by Crippen LogP contribution is -2.05. The maximum absolute atomic E-state index is 5.25. The second-order valence-corrected chi connectivity index (χ2v) is 2.75. The van der Waals surface area contributed by atoms with E-state index in [0.29, 0.717) is 6.61 Å². The van der Waals surface area contributed by atoms with Crippen molar-refractivity contribution < 1.29 is 9.47 Å². The zero-order valence-corrected chi connectivity index (χ0v) is 8.11. The highest BCUT2D eigenvalue weighted by Gasteiger charge is 1.87. The van der Waals surface area contributed by atoms with Gasteiger partial charge in [-0.3, -0.25) is 0 Å². The highest BCUT2D eigenvalue weighted by atomic mass is 32.1. The van der Waals surface area contributed by atoms with Gasteiger partial charge in [0.15, 0.2) is 0 Å². The smallest absolute Gasteiger partial charge is 0.0700 e. The molecule has 0 N–H and O–H groups in total. The Morgan fingerprint density at radius 1 is 1.00 bits per heavy atom. The molecule has 0 saturated heterocycles. The highest BCUT2D eigenvalue weighted by Crippen LogP contribution is 1.86. The molecule has 0 aromatic heterocycles. The predicted molar refractivity (Wildman–Crippen MR) is 50.4 cm³/mol. The van der Waals surface area contributed by atoms with Crippen molar-refractivity contribution in [3.63, 3.8) is 0 Å². The first-order valence-corrected chi connectivity index (χ1v) is 4.81. The zero-order valence-electron chi connectivity index (χ0n) is 7.21. The van der Waals surface area contributed by atoms with Gasteiger partial charge in [0.1, 0.15) is 0 Å². The molecule has 0 aromatic rings. The molecule has 0 radical (unpaired) electrons. The van der Waals surface area contributed by atoms with Crippen LogP contribution in [0.1, 0.15) is 19.8 Å². The molecule has 0 fully saturated rings. The first kappa shape index (κ1) is 11.3. The second-order valence-electron chi connectivity index (χ2n) is 2.30. The van der Waals surface area contributed by atoms with Gasteiger partial charge < -0.3 is 9.47 Å². The average molecular weight is 178 g/mol. The Hall–Kier alpha value is 0.270. The Labute approximate surface area is 74.7 Å². The fourth-order valence-electron chi connectivity index (χ4n) is 0.633. The van der Waals surface area contributed by atoms with Gasteiger partial charge in [0.05, 0.1) is 13.2 Å². The number of hydrogen-bond acceptors (Lipinski definition) is 3. The summed E-state index contributed by atoms with van der Waals surface area (Å²) in [5.74, 6) is 0.899. The molecule has 0 unspecified atom stereocenters. The third kappa shape index (κ3) is 10.3. The molecular formula is C8H18O2S. The molecule has 0 aromatic carbocycles. The lowest BCUT2D eigenvalue weighted by Gasteiger charge is -2.03. The van der Waals surface area contributed by atoms with Gasteiger partial charge in [-0.05, 0) is 18.6 Å². The van der Waals surface area contributed by atoms with E-state index in [-0.39, 0.29) is 0 Å². The van der Waals surface area contributed by atoms with Crippen molar-refractivity contribution in [2.45, 2.75) is 19.8 Å². The third-order valence-corrected chi connectivity index (χ3v) is 1.48. The van der Waals surface area contributed by atoms with E-state index in [2.05, 4.69) is 19.6 Å². The van der Waals surface area contributed by atoms with Crippen LogP contribution in [0.25, 0.3) is 0 Å². The van der Waals surface area contributed by atoms with E-state index >= 15 is 0 Å². The van der Waals surface area contributed by atoms with Crippen molar-refractivity contribution >= 4 is 12.6 Å². The molecule has 0 atom stereocenters. The molecule has 2 nitrogen and oxygen atoms in total. The van der Waals surface area contributed by atoms with Crippen LogP contribution in [0.4, 0.5) is 0 Å². The first-order valence-electron chi connectivity index (χ1n) is 4.18. The zero-order chi connectivity index (χ0) is 8.36. The normalized spacial score (nSPS) is 10.4. The number of hydrogen-bond donors (Lipinski definition) is 1. The Bertz CT molecular complexity index is 61.1. The van der Waals surface area contributed by atoms with Crippen LogP contribution in [0.2, 0.25) is 0 Å². The SMILES string of the molecule is CCCOCCOCCCS. The van der Waals surface area contributed by atoms with E-state index in [1.54, 1.807) is 0 Å². The first-order chi connectivity index (χ1) is 5.41. The summed E-state index contributed by atoms with van der Waals surface area (Å²) >= 11 is 4.07. The second kappa shape index (κ2) is 10.3. The van der Waals surface area contributed by atoms with Gasteiger partial charge in [0.25, 0.3) is 0 Å². The van der Waals surface area contributed by atoms with Crippen molar-refractivity contribution in [2.75, 3.05) is 32.2 Å². The van der Waals surface area contributed by atoms with Gasteiger partial charge >= 0.3 is 0 Å². The Kier molecular flexibility index (Phi) is 10.5. The lowest BCUT2D eigenvalue weighted by molar-refractivity contribution is 0.0485. The minimum absolute atomic E-state index is 0.716. The topological polar surface area (TPSA) is 18.5 Å². The molecule has 0 aliphatic carbocycles. The summed E-state index contributed by atoms with van der Waals surface area (Å²) in [6, 6.07) is 0. The molecular weight excluding hydrogens is 160 g/mol. The molecule has 0 rings (SSSR count). The summed E-state index contributed by atoms with van der Waals surface area (Å²) in [7, 11) is 0. The van der Waals surface area contributed by atoms with Crippen molar-refractivity contribution in [1.82, 2.24) is 0 Å². The molecule has 0 amide bonds. The minimum atomic E-state index is 0.716. The van der Waals surface area contributed by atoms with Crippen molar-refractivity contribution in [3.05, 3.63) is 0 Å². The van der Waals surface area contributed by atoms with Crippen LogP contribution in [0.3, 0.4) is 0 Å². The Morgan fingerprint density at radius 3 is 2.18 bits per heavy atom. The highest BCUT2D eigenvalue weighted by molar-refractivity contribution is 7.80. The largest absolute Gasteiger partial charge is 0.379 e. The molecule has 11 heavy (non-hydrogen) atoms. The van der Waals surface area contributed by atoms with E-state index in [0.717, 1.165) is 38.4 Å². The standard InChI is InChI=1S/C8H18O2S/c1-2-4-9-6-7-10-5-3-8-11/h11H,2-8H2,1H3. The summed E-state index contributed by atoms with van der Waals surface area (Å²) in [5, 5.41) is 0. The molecule has 0 aliphatic heterocycles. The minimum Gasteiger partial charge on any atom is -0.379 e. The molecule has 68 valence electrons. The Balaban J connectivity index is 2.69. The summed E-state index contributed by atoms with van der Waals surface area (Å²) in [5.41, 5.74) is 0. The van der Waals surface area contributed by atoms with E-state index in [9.17, 15) is 0 Å². The average Bonchev–Trinajstić information content (AvgIpc) is 2.03. The quantitative estimate of drug-likeness (QED) is 0.451. The summed E-state index contributed by atoms with van der Waals surface area (Å²) in [6.45, 7) is 5.19. The van der Waals surface area contributed by atoms with Crippen LogP contribution < -0.4 is 0 Å². The van der Waals surface area contributed by atoms with Gasteiger partial charge in [-0.2, -0.15) is 12.6 Å². The summed E-state index contributed by atoms with van der Waals surface area (Å²) in [4.78, 5) is 0. The predicted octanol–water partition coefficient (Wildman–Crippen LogP) is 1.75. The van der Waals surface area contributed by atoms with Crippen LogP contribution in [0, 0.1) is 0 Å². The fourth-order valence-corrected chi connectivity index (χ4v) is 0.762. The van der Waals surface area contributed by atoms with Gasteiger partial charge in [-0.15, -0.1) is 0 Å². The van der Waals surface area contributed by atoms with Crippen molar-refractivity contribution in [2.24, 2.45) is 0 Å². The molecule has 0 spiro atoms. The van der Waals surface area contributed by atoms with Crippen LogP contribution in [0.15, 0.2) is 0 Å². The van der Waals surface area contributed by atoms with E-state index in [1.165, 1.54) is 0 Å². The number of ether oxygens (including phenoxy) is 2. The molecule has 0 aliphatic rings. The van der Waals surface area contributed by atoms with E-state index in [1.807, 2.05) is 0 Å². The van der Waals surface area contributed by atoms with Crippen LogP contribution >= 0.6 is 12.6 Å². The molecule has 0 bridgehead atoms. The van der Waals surface area contributed by atoms with Crippen molar-refractivity contribution in [1.29, 1.82) is 0 Å². The van der Waals surface area contributed by atoms with Gasteiger partial charge in [0.2, 0.25) is 0 Å². The van der Waals surface area contributed by atoms with Crippen LogP contribution in [-0.4, -0.2) is 32.2 Å². The Morgan fingerprint density at radius 2 is 1.64 bits per heavy atom. The number of thiol groups is 1. The summed E-state index contributed by atoms with van der Waals surface area (Å²) < 4.78 is 10.5. The van der Waals surface area contributed by atoms with Gasteiger partial charge in [-0.25, -0.2) is 0 Å². The lowest BCUT2D eigenvalue weighted by atomic mass is 10.5. The van der Waals surface area contributed by atoms with Crippen LogP contribution in [0.5, 0.6) is 0 Å². The van der Waals surface area contributed by atoms with Crippen LogP contribution in [-0.2, 0) is 9.47 Å². The van der Waals surface area contributed by atoms with Crippen molar-refractivity contribution in [3.8, 4) is 0 Å². The monoisotopic (exact) mass is 178 g/mol. The molecule has 3 heteroatoms. The van der Waals surface area contributed by atoms with Gasteiger partial charge in [0, 0.05) is 13.2 Å². The van der Waals surface area contributed by atoms with E-state index < -0.39 is 0 Å². The maximum Gasteiger partial charge on any atom is 0.0700 e. The third-order valence-electron chi connectivity index (χ3n) is 1.17. The number of rotatable bonds is 8. The molecule has 0 saturated carbocycles. The maximum atomic E-state index is 5.25. The fraction of sp³-hybridized carbons (Fsp3) is 1.00. The van der Waals surface area contributed by atoms with Gasteiger partial charge in [-0.1, -0.05) is 6.92 Å². The molecule has 0 heterocycles.